The summed E-state index contributed by atoms with van der Waals surface area (Å²) in [4.78, 5) is 4.66. The topological polar surface area (TPSA) is 76.6 Å². The lowest BCUT2D eigenvalue weighted by Gasteiger charge is -1.97. The number of aromatic nitrogens is 5. The molecule has 0 spiro atoms. The van der Waals surface area contributed by atoms with Gasteiger partial charge < -0.3 is 4.74 Å². The van der Waals surface area contributed by atoms with E-state index in [1.165, 1.54) is 0 Å². The normalized spacial score (nSPS) is 11.0. The Morgan fingerprint density at radius 1 is 1.05 bits per heavy atom. The predicted octanol–water partition coefficient (Wildman–Crippen LogP) is 3.15. The molecule has 0 aliphatic carbocycles. The van der Waals surface area contributed by atoms with Gasteiger partial charge in [-0.05, 0) is 23.4 Å². The lowest BCUT2D eigenvalue weighted by Crippen LogP contribution is -1.82. The van der Waals surface area contributed by atoms with E-state index in [0.29, 0.717) is 5.82 Å². The quantitative estimate of drug-likeness (QED) is 0.629. The van der Waals surface area contributed by atoms with Crippen molar-refractivity contribution in [3.05, 3.63) is 42.5 Å². The van der Waals surface area contributed by atoms with Crippen LogP contribution in [-0.4, -0.2) is 32.7 Å². The number of tetrazole rings is 1. The first-order valence-corrected chi connectivity index (χ1v) is 7.44. The van der Waals surface area contributed by atoms with E-state index < -0.39 is 0 Å². The molecule has 0 bridgehead atoms. The van der Waals surface area contributed by atoms with Crippen LogP contribution in [0.15, 0.2) is 42.5 Å². The molecule has 0 saturated carbocycles. The van der Waals surface area contributed by atoms with Crippen molar-refractivity contribution in [2.75, 3.05) is 7.11 Å². The second kappa shape index (κ2) is 5.19. The van der Waals surface area contributed by atoms with Crippen molar-refractivity contribution in [2.45, 2.75) is 0 Å². The third-order valence-electron chi connectivity index (χ3n) is 3.33. The molecule has 0 amide bonds. The molecule has 4 aromatic rings. The van der Waals surface area contributed by atoms with Crippen molar-refractivity contribution in [3.8, 4) is 27.7 Å². The van der Waals surface area contributed by atoms with Gasteiger partial charge in [0.05, 0.1) is 17.3 Å². The molecule has 0 radical (unpaired) electrons. The van der Waals surface area contributed by atoms with Crippen LogP contribution in [0.3, 0.4) is 0 Å². The van der Waals surface area contributed by atoms with Crippen LogP contribution in [0.4, 0.5) is 0 Å². The van der Waals surface area contributed by atoms with Gasteiger partial charge >= 0.3 is 0 Å². The lowest BCUT2D eigenvalue weighted by atomic mass is 10.1. The highest BCUT2D eigenvalue weighted by atomic mass is 32.1. The SMILES string of the molecule is COc1ccc2nc(-c3ccc(-c4nn[nH]n4)cc3)sc2c1. The standard InChI is InChI=1S/C15H11N5OS/c1-21-11-6-7-12-13(8-11)22-15(16-12)10-4-2-9(3-5-10)14-17-19-20-18-14/h2-8H,1H3,(H,17,18,19,20). The van der Waals surface area contributed by atoms with Crippen molar-refractivity contribution in [3.63, 3.8) is 0 Å². The molecule has 0 aliphatic heterocycles. The molecule has 2 heterocycles. The summed E-state index contributed by atoms with van der Waals surface area (Å²) in [5.41, 5.74) is 2.95. The molecular formula is C15H11N5OS. The number of fused-ring (bicyclic) bond motifs is 1. The van der Waals surface area contributed by atoms with E-state index in [1.54, 1.807) is 18.4 Å². The zero-order chi connectivity index (χ0) is 14.9. The molecular weight excluding hydrogens is 298 g/mol. The summed E-state index contributed by atoms with van der Waals surface area (Å²) in [6.07, 6.45) is 0. The Labute approximate surface area is 129 Å². The van der Waals surface area contributed by atoms with Gasteiger partial charge in [0, 0.05) is 11.1 Å². The number of thiazole rings is 1. The van der Waals surface area contributed by atoms with Gasteiger partial charge in [-0.1, -0.05) is 24.3 Å². The smallest absolute Gasteiger partial charge is 0.204 e. The molecule has 0 aliphatic rings. The van der Waals surface area contributed by atoms with Crippen LogP contribution in [0.25, 0.3) is 32.2 Å². The molecule has 2 aromatic heterocycles. The van der Waals surface area contributed by atoms with Gasteiger partial charge in [-0.3, -0.25) is 0 Å². The van der Waals surface area contributed by atoms with Crippen LogP contribution >= 0.6 is 11.3 Å². The summed E-state index contributed by atoms with van der Waals surface area (Å²) >= 11 is 1.64. The Hall–Kier alpha value is -2.80. The summed E-state index contributed by atoms with van der Waals surface area (Å²) < 4.78 is 6.36. The fraction of sp³-hybridized carbons (Fsp3) is 0.0667. The van der Waals surface area contributed by atoms with Crippen LogP contribution < -0.4 is 4.74 Å². The van der Waals surface area contributed by atoms with Crippen LogP contribution in [0.2, 0.25) is 0 Å². The number of hydrogen-bond acceptors (Lipinski definition) is 6. The van der Waals surface area contributed by atoms with Crippen LogP contribution in [0.1, 0.15) is 0 Å². The van der Waals surface area contributed by atoms with Gasteiger partial charge in [-0.25, -0.2) is 4.98 Å². The van der Waals surface area contributed by atoms with E-state index in [4.69, 9.17) is 4.74 Å². The van der Waals surface area contributed by atoms with Gasteiger partial charge in [-0.2, -0.15) is 5.21 Å². The Bertz CT molecular complexity index is 915. The number of aromatic amines is 1. The number of nitrogens with one attached hydrogen (secondary N) is 1. The van der Waals surface area contributed by atoms with E-state index >= 15 is 0 Å². The molecule has 6 nitrogen and oxygen atoms in total. The number of hydrogen-bond donors (Lipinski definition) is 1. The minimum Gasteiger partial charge on any atom is -0.497 e. The molecule has 0 unspecified atom stereocenters. The third-order valence-corrected chi connectivity index (χ3v) is 4.40. The Kier molecular flexibility index (Phi) is 3.05. The van der Waals surface area contributed by atoms with E-state index in [2.05, 4.69) is 25.6 Å². The summed E-state index contributed by atoms with van der Waals surface area (Å²) in [5, 5.41) is 14.9. The highest BCUT2D eigenvalue weighted by Crippen LogP contribution is 2.32. The fourth-order valence-electron chi connectivity index (χ4n) is 2.20. The number of H-pyrrole nitrogens is 1. The van der Waals surface area contributed by atoms with Crippen LogP contribution in [0.5, 0.6) is 5.75 Å². The zero-order valence-corrected chi connectivity index (χ0v) is 12.5. The first-order chi connectivity index (χ1) is 10.8. The zero-order valence-electron chi connectivity index (χ0n) is 11.6. The maximum atomic E-state index is 5.25. The Morgan fingerprint density at radius 3 is 2.59 bits per heavy atom. The van der Waals surface area contributed by atoms with Gasteiger partial charge in [0.2, 0.25) is 5.82 Å². The fourth-order valence-corrected chi connectivity index (χ4v) is 3.20. The molecule has 1 N–H and O–H groups in total. The highest BCUT2D eigenvalue weighted by Gasteiger charge is 2.08. The van der Waals surface area contributed by atoms with E-state index in [1.807, 2.05) is 42.5 Å². The van der Waals surface area contributed by atoms with Crippen molar-refractivity contribution in [1.29, 1.82) is 0 Å². The summed E-state index contributed by atoms with van der Waals surface area (Å²) in [6, 6.07) is 13.9. The Morgan fingerprint density at radius 2 is 1.86 bits per heavy atom. The summed E-state index contributed by atoms with van der Waals surface area (Å²) in [6.45, 7) is 0. The number of ether oxygens (including phenoxy) is 1. The molecule has 0 atom stereocenters. The number of benzene rings is 2. The molecule has 108 valence electrons. The maximum Gasteiger partial charge on any atom is 0.204 e. The van der Waals surface area contributed by atoms with Crippen LogP contribution in [-0.2, 0) is 0 Å². The molecule has 0 saturated heterocycles. The van der Waals surface area contributed by atoms with Crippen molar-refractivity contribution in [1.82, 2.24) is 25.6 Å². The number of rotatable bonds is 3. The molecule has 0 fully saturated rings. The first kappa shape index (κ1) is 12.9. The second-order valence-corrected chi connectivity index (χ2v) is 5.70. The van der Waals surface area contributed by atoms with Crippen molar-refractivity contribution < 1.29 is 4.74 Å². The van der Waals surface area contributed by atoms with Gasteiger partial charge in [0.1, 0.15) is 10.8 Å². The van der Waals surface area contributed by atoms with Crippen molar-refractivity contribution >= 4 is 21.6 Å². The van der Waals surface area contributed by atoms with Gasteiger partial charge in [-0.15, -0.1) is 21.5 Å². The van der Waals surface area contributed by atoms with Gasteiger partial charge in [0.25, 0.3) is 0 Å². The maximum absolute atomic E-state index is 5.25. The van der Waals surface area contributed by atoms with E-state index in [9.17, 15) is 0 Å². The predicted molar refractivity (Wildman–Crippen MR) is 84.8 cm³/mol. The molecule has 2 aromatic carbocycles. The summed E-state index contributed by atoms with van der Waals surface area (Å²) in [5.74, 6) is 1.43. The monoisotopic (exact) mass is 309 g/mol. The minimum absolute atomic E-state index is 0.584. The first-order valence-electron chi connectivity index (χ1n) is 6.62. The Balaban J connectivity index is 1.72. The third kappa shape index (κ3) is 2.21. The molecule has 7 heteroatoms. The number of methoxy groups -OCH3 is 1. The lowest BCUT2D eigenvalue weighted by molar-refractivity contribution is 0.415. The minimum atomic E-state index is 0.584. The van der Waals surface area contributed by atoms with E-state index in [0.717, 1.165) is 32.1 Å². The average Bonchev–Trinajstić information content (AvgIpc) is 3.23. The number of nitrogens with zero attached hydrogens (tertiary/aromatic N) is 4. The average molecular weight is 309 g/mol. The summed E-state index contributed by atoms with van der Waals surface area (Å²) in [7, 11) is 1.67. The van der Waals surface area contributed by atoms with Gasteiger partial charge in [0.15, 0.2) is 0 Å². The molecule has 22 heavy (non-hydrogen) atoms. The largest absolute Gasteiger partial charge is 0.497 e. The second-order valence-electron chi connectivity index (χ2n) is 4.67. The van der Waals surface area contributed by atoms with Crippen molar-refractivity contribution in [2.24, 2.45) is 0 Å². The molecule has 4 rings (SSSR count). The highest BCUT2D eigenvalue weighted by molar-refractivity contribution is 7.21. The van der Waals surface area contributed by atoms with E-state index in [-0.39, 0.29) is 0 Å². The van der Waals surface area contributed by atoms with Crippen LogP contribution in [0, 0.1) is 0 Å².